The summed E-state index contributed by atoms with van der Waals surface area (Å²) < 4.78 is 0. The van der Waals surface area contributed by atoms with Crippen LogP contribution in [0.15, 0.2) is 12.5 Å². The van der Waals surface area contributed by atoms with Gasteiger partial charge in [0, 0.05) is 6.42 Å². The van der Waals surface area contributed by atoms with E-state index in [4.69, 9.17) is 5.73 Å². The Morgan fingerprint density at radius 2 is 2.06 bits per heavy atom. The molecule has 2 rings (SSSR count). The number of rotatable bonds is 6. The molecule has 0 spiro atoms. The van der Waals surface area contributed by atoms with E-state index in [2.05, 4.69) is 19.9 Å². The lowest BCUT2D eigenvalue weighted by Gasteiger charge is -1.97. The van der Waals surface area contributed by atoms with Crippen molar-refractivity contribution in [2.24, 2.45) is 5.73 Å². The zero-order valence-corrected chi connectivity index (χ0v) is 9.32. The van der Waals surface area contributed by atoms with Gasteiger partial charge in [-0.3, -0.25) is 0 Å². The Balaban J connectivity index is 1.85. The van der Waals surface area contributed by atoms with Gasteiger partial charge in [-0.2, -0.15) is 0 Å². The van der Waals surface area contributed by atoms with Gasteiger partial charge >= 0.3 is 0 Å². The van der Waals surface area contributed by atoms with Crippen LogP contribution in [-0.2, 0) is 6.42 Å². The van der Waals surface area contributed by atoms with Crippen LogP contribution in [0.1, 0.15) is 31.5 Å². The highest BCUT2D eigenvalue weighted by atomic mass is 15.0. The molecule has 0 aromatic carbocycles. The summed E-state index contributed by atoms with van der Waals surface area (Å²) in [5.41, 5.74) is 7.11. The van der Waals surface area contributed by atoms with E-state index in [1.165, 1.54) is 19.2 Å². The molecule has 5 nitrogen and oxygen atoms in total. The Kier molecular flexibility index (Phi) is 3.82. The van der Waals surface area contributed by atoms with Crippen LogP contribution in [0.25, 0.3) is 11.2 Å². The minimum Gasteiger partial charge on any atom is -0.339 e. The number of aromatic amines is 1. The van der Waals surface area contributed by atoms with Gasteiger partial charge in [0.1, 0.15) is 17.7 Å². The molecule has 2 aromatic heterocycles. The van der Waals surface area contributed by atoms with Crippen molar-refractivity contribution in [1.29, 1.82) is 0 Å². The monoisotopic (exact) mass is 219 g/mol. The fourth-order valence-corrected chi connectivity index (χ4v) is 1.72. The van der Waals surface area contributed by atoms with E-state index in [0.717, 1.165) is 42.8 Å². The summed E-state index contributed by atoms with van der Waals surface area (Å²) in [6, 6.07) is 0. The molecule has 86 valence electrons. The molecule has 0 saturated heterocycles. The second kappa shape index (κ2) is 5.55. The number of hydrogen-bond acceptors (Lipinski definition) is 4. The second-order valence-electron chi connectivity index (χ2n) is 3.90. The molecule has 16 heavy (non-hydrogen) atoms. The molecule has 0 aliphatic carbocycles. The summed E-state index contributed by atoms with van der Waals surface area (Å²) in [5, 5.41) is 0. The molecule has 0 atom stereocenters. The number of aryl methyl sites for hydroxylation is 1. The summed E-state index contributed by atoms with van der Waals surface area (Å²) in [7, 11) is 0. The van der Waals surface area contributed by atoms with E-state index < -0.39 is 0 Å². The number of imidazole rings is 1. The summed E-state index contributed by atoms with van der Waals surface area (Å²) in [4.78, 5) is 15.7. The third-order valence-corrected chi connectivity index (χ3v) is 2.58. The van der Waals surface area contributed by atoms with Gasteiger partial charge in [-0.15, -0.1) is 0 Å². The summed E-state index contributed by atoms with van der Waals surface area (Å²) in [6.07, 6.45) is 8.93. The van der Waals surface area contributed by atoms with Gasteiger partial charge in [-0.1, -0.05) is 12.8 Å². The van der Waals surface area contributed by atoms with Crippen LogP contribution in [0.2, 0.25) is 0 Å². The predicted molar refractivity (Wildman–Crippen MR) is 62.9 cm³/mol. The van der Waals surface area contributed by atoms with Crippen molar-refractivity contribution in [2.75, 3.05) is 6.54 Å². The van der Waals surface area contributed by atoms with E-state index in [9.17, 15) is 0 Å². The first kappa shape index (κ1) is 11.0. The Hall–Kier alpha value is -1.49. The van der Waals surface area contributed by atoms with Gasteiger partial charge < -0.3 is 10.7 Å². The van der Waals surface area contributed by atoms with E-state index in [1.807, 2.05) is 0 Å². The normalized spacial score (nSPS) is 11.1. The molecular formula is C11H17N5. The highest BCUT2D eigenvalue weighted by molar-refractivity contribution is 5.68. The van der Waals surface area contributed by atoms with Gasteiger partial charge in [0.05, 0.1) is 6.20 Å². The molecule has 3 N–H and O–H groups in total. The molecule has 5 heteroatoms. The first-order valence-electron chi connectivity index (χ1n) is 5.75. The SMILES string of the molecule is NCCCCCCc1nc2ncncc2[nH]1. The molecule has 0 unspecified atom stereocenters. The Morgan fingerprint density at radius 1 is 1.19 bits per heavy atom. The number of nitrogens with two attached hydrogens (primary N) is 1. The lowest BCUT2D eigenvalue weighted by Crippen LogP contribution is -1.98. The molecule has 2 aromatic rings. The Labute approximate surface area is 94.5 Å². The molecule has 0 bridgehead atoms. The molecule has 2 heterocycles. The highest BCUT2D eigenvalue weighted by Gasteiger charge is 2.02. The van der Waals surface area contributed by atoms with Crippen molar-refractivity contribution in [3.05, 3.63) is 18.3 Å². The number of nitrogens with zero attached hydrogens (tertiary/aromatic N) is 3. The number of unbranched alkanes of at least 4 members (excludes halogenated alkanes) is 3. The number of H-pyrrole nitrogens is 1. The van der Waals surface area contributed by atoms with Crippen LogP contribution in [0.4, 0.5) is 0 Å². The van der Waals surface area contributed by atoms with Crippen molar-refractivity contribution in [3.63, 3.8) is 0 Å². The average Bonchev–Trinajstić information content (AvgIpc) is 2.71. The van der Waals surface area contributed by atoms with Crippen LogP contribution in [-0.4, -0.2) is 26.5 Å². The molecule has 0 fully saturated rings. The number of aromatic nitrogens is 4. The van der Waals surface area contributed by atoms with E-state index in [-0.39, 0.29) is 0 Å². The van der Waals surface area contributed by atoms with Gasteiger partial charge in [0.25, 0.3) is 0 Å². The first-order valence-corrected chi connectivity index (χ1v) is 5.75. The van der Waals surface area contributed by atoms with Crippen molar-refractivity contribution < 1.29 is 0 Å². The van der Waals surface area contributed by atoms with Gasteiger partial charge in [-0.25, -0.2) is 15.0 Å². The Bertz CT molecular complexity index is 404. The van der Waals surface area contributed by atoms with E-state index in [1.54, 1.807) is 6.20 Å². The third-order valence-electron chi connectivity index (χ3n) is 2.58. The fourth-order valence-electron chi connectivity index (χ4n) is 1.72. The number of hydrogen-bond donors (Lipinski definition) is 2. The topological polar surface area (TPSA) is 80.5 Å². The zero-order valence-electron chi connectivity index (χ0n) is 9.32. The summed E-state index contributed by atoms with van der Waals surface area (Å²) in [6.45, 7) is 0.792. The maximum Gasteiger partial charge on any atom is 0.180 e. The van der Waals surface area contributed by atoms with E-state index in [0.29, 0.717) is 0 Å². The molecule has 0 aliphatic heterocycles. The molecule has 0 saturated carbocycles. The van der Waals surface area contributed by atoms with Crippen molar-refractivity contribution in [3.8, 4) is 0 Å². The van der Waals surface area contributed by atoms with Crippen molar-refractivity contribution in [1.82, 2.24) is 19.9 Å². The lowest BCUT2D eigenvalue weighted by molar-refractivity contribution is 0.638. The molecule has 0 radical (unpaired) electrons. The van der Waals surface area contributed by atoms with Gasteiger partial charge in [0.2, 0.25) is 0 Å². The van der Waals surface area contributed by atoms with E-state index >= 15 is 0 Å². The molecule has 0 amide bonds. The van der Waals surface area contributed by atoms with Crippen LogP contribution < -0.4 is 5.73 Å². The van der Waals surface area contributed by atoms with Gasteiger partial charge in [-0.05, 0) is 19.4 Å². The average molecular weight is 219 g/mol. The largest absolute Gasteiger partial charge is 0.339 e. The fraction of sp³-hybridized carbons (Fsp3) is 0.545. The van der Waals surface area contributed by atoms with Crippen molar-refractivity contribution >= 4 is 11.2 Å². The van der Waals surface area contributed by atoms with Crippen LogP contribution in [0, 0.1) is 0 Å². The smallest absolute Gasteiger partial charge is 0.180 e. The molecule has 0 aliphatic rings. The number of nitrogens with one attached hydrogen (secondary N) is 1. The quantitative estimate of drug-likeness (QED) is 0.720. The van der Waals surface area contributed by atoms with Gasteiger partial charge in [0.15, 0.2) is 5.65 Å². The highest BCUT2D eigenvalue weighted by Crippen LogP contribution is 2.09. The predicted octanol–water partition coefficient (Wildman–Crippen LogP) is 1.41. The van der Waals surface area contributed by atoms with Crippen LogP contribution in [0.5, 0.6) is 0 Å². The third kappa shape index (κ3) is 2.76. The Morgan fingerprint density at radius 3 is 2.88 bits per heavy atom. The molecular weight excluding hydrogens is 202 g/mol. The maximum atomic E-state index is 5.44. The zero-order chi connectivity index (χ0) is 11.2. The summed E-state index contributed by atoms with van der Waals surface area (Å²) >= 11 is 0. The second-order valence-corrected chi connectivity index (χ2v) is 3.90. The summed E-state index contributed by atoms with van der Waals surface area (Å²) in [5.74, 6) is 1.00. The standard InChI is InChI=1S/C11H17N5/c12-6-4-2-1-3-5-10-15-9-7-13-8-14-11(9)16-10/h7-8H,1-6,12H2,(H,13,14,15,16). The van der Waals surface area contributed by atoms with Crippen LogP contribution in [0.3, 0.4) is 0 Å². The number of fused-ring (bicyclic) bond motifs is 1. The minimum atomic E-state index is 0.756. The minimum absolute atomic E-state index is 0.756. The lowest BCUT2D eigenvalue weighted by atomic mass is 10.1. The van der Waals surface area contributed by atoms with Crippen molar-refractivity contribution in [2.45, 2.75) is 32.1 Å². The first-order chi connectivity index (χ1) is 7.90. The van der Waals surface area contributed by atoms with Crippen LogP contribution >= 0.6 is 0 Å². The maximum absolute atomic E-state index is 5.44.